The molecule has 1 rings (SSSR count). The molecule has 1 heterocycles. The molecule has 0 amide bonds. The molecule has 90 valence electrons. The Bertz CT molecular complexity index is 193. The van der Waals surface area contributed by atoms with E-state index in [1.807, 2.05) is 0 Å². The van der Waals surface area contributed by atoms with E-state index >= 15 is 0 Å². The maximum absolute atomic E-state index is 13.6. The lowest BCUT2D eigenvalue weighted by molar-refractivity contribution is -0.107. The molecule has 0 radical (unpaired) electrons. The molecule has 4 heteroatoms. The Kier molecular flexibility index (Phi) is 4.06. The highest BCUT2D eigenvalue weighted by Crippen LogP contribution is 2.38. The Morgan fingerprint density at radius 2 is 1.67 bits per heavy atom. The van der Waals surface area contributed by atoms with Gasteiger partial charge in [0.25, 0.3) is 5.92 Å². The summed E-state index contributed by atoms with van der Waals surface area (Å²) in [6.07, 6.45) is -0.0312. The summed E-state index contributed by atoms with van der Waals surface area (Å²) in [5, 5.41) is 3.21. The van der Waals surface area contributed by atoms with E-state index in [4.69, 9.17) is 0 Å². The zero-order valence-corrected chi connectivity index (χ0v) is 9.95. The molecule has 0 aromatic rings. The van der Waals surface area contributed by atoms with E-state index in [0.29, 0.717) is 6.54 Å². The van der Waals surface area contributed by atoms with Gasteiger partial charge in [-0.2, -0.15) is 0 Å². The third-order valence-electron chi connectivity index (χ3n) is 3.05. The molecule has 0 spiro atoms. The first-order valence-electron chi connectivity index (χ1n) is 5.64. The van der Waals surface area contributed by atoms with E-state index < -0.39 is 11.3 Å². The van der Waals surface area contributed by atoms with Gasteiger partial charge in [0, 0.05) is 44.6 Å². The van der Waals surface area contributed by atoms with Crippen molar-refractivity contribution in [2.24, 2.45) is 5.41 Å². The minimum atomic E-state index is -2.57. The quantitative estimate of drug-likeness (QED) is 0.782. The number of nitrogens with zero attached hydrogens (tertiary/aromatic N) is 1. The molecule has 1 fully saturated rings. The molecular weight excluding hydrogens is 198 g/mol. The van der Waals surface area contributed by atoms with Gasteiger partial charge in [-0.15, -0.1) is 0 Å². The van der Waals surface area contributed by atoms with Crippen molar-refractivity contribution >= 4 is 0 Å². The average molecular weight is 220 g/mol. The molecule has 0 aromatic heterocycles. The monoisotopic (exact) mass is 220 g/mol. The molecular formula is C11H22F2N2. The molecule has 0 unspecified atom stereocenters. The van der Waals surface area contributed by atoms with Gasteiger partial charge in [0.1, 0.15) is 0 Å². The van der Waals surface area contributed by atoms with Gasteiger partial charge in [0.2, 0.25) is 0 Å². The third kappa shape index (κ3) is 3.68. The fraction of sp³-hybridized carbons (Fsp3) is 1.00. The lowest BCUT2D eigenvalue weighted by atomic mass is 9.86. The van der Waals surface area contributed by atoms with Crippen LogP contribution in [0.4, 0.5) is 8.78 Å². The first kappa shape index (κ1) is 12.8. The summed E-state index contributed by atoms with van der Waals surface area (Å²) in [6, 6.07) is 0. The van der Waals surface area contributed by atoms with Crippen LogP contribution in [0.1, 0.15) is 27.2 Å². The minimum absolute atomic E-state index is 0.0312. The Balaban J connectivity index is 2.35. The molecule has 0 bridgehead atoms. The van der Waals surface area contributed by atoms with Crippen molar-refractivity contribution in [2.45, 2.75) is 33.1 Å². The van der Waals surface area contributed by atoms with Crippen LogP contribution in [-0.2, 0) is 0 Å². The van der Waals surface area contributed by atoms with Gasteiger partial charge in [-0.1, -0.05) is 20.8 Å². The SMILES string of the molecule is CC(C)(C)C(F)(F)CCN1CCNCC1. The van der Waals surface area contributed by atoms with Crippen molar-refractivity contribution in [2.75, 3.05) is 32.7 Å². The summed E-state index contributed by atoms with van der Waals surface area (Å²) in [7, 11) is 0. The average Bonchev–Trinajstić information content (AvgIpc) is 2.15. The Morgan fingerprint density at radius 3 is 2.13 bits per heavy atom. The van der Waals surface area contributed by atoms with Crippen molar-refractivity contribution in [3.8, 4) is 0 Å². The fourth-order valence-electron chi connectivity index (χ4n) is 1.61. The minimum Gasteiger partial charge on any atom is -0.314 e. The molecule has 0 atom stereocenters. The van der Waals surface area contributed by atoms with E-state index in [-0.39, 0.29) is 6.42 Å². The van der Waals surface area contributed by atoms with Gasteiger partial charge >= 0.3 is 0 Å². The van der Waals surface area contributed by atoms with Crippen LogP contribution in [0.2, 0.25) is 0 Å². The zero-order valence-electron chi connectivity index (χ0n) is 9.95. The first-order valence-corrected chi connectivity index (χ1v) is 5.64. The van der Waals surface area contributed by atoms with E-state index in [1.54, 1.807) is 20.8 Å². The molecule has 1 aliphatic heterocycles. The zero-order chi connectivity index (χ0) is 11.5. The highest BCUT2D eigenvalue weighted by Gasteiger charge is 2.42. The first-order chi connectivity index (χ1) is 6.83. The van der Waals surface area contributed by atoms with Crippen molar-refractivity contribution in [3.05, 3.63) is 0 Å². The predicted octanol–water partition coefficient (Wildman–Crippen LogP) is 1.96. The van der Waals surface area contributed by atoms with Gasteiger partial charge in [-0.05, 0) is 0 Å². The van der Waals surface area contributed by atoms with E-state index in [1.165, 1.54) is 0 Å². The van der Waals surface area contributed by atoms with Crippen LogP contribution in [-0.4, -0.2) is 43.5 Å². The molecule has 0 aliphatic carbocycles. The molecule has 1 aliphatic rings. The second kappa shape index (κ2) is 4.74. The summed E-state index contributed by atoms with van der Waals surface area (Å²) >= 11 is 0. The van der Waals surface area contributed by atoms with Crippen LogP contribution in [0.5, 0.6) is 0 Å². The fourth-order valence-corrected chi connectivity index (χ4v) is 1.61. The lowest BCUT2D eigenvalue weighted by Crippen LogP contribution is -2.46. The number of hydrogen-bond acceptors (Lipinski definition) is 2. The Hall–Kier alpha value is -0.220. The van der Waals surface area contributed by atoms with Crippen molar-refractivity contribution in [1.29, 1.82) is 0 Å². The maximum atomic E-state index is 13.6. The summed E-state index contributed by atoms with van der Waals surface area (Å²) in [5.74, 6) is -2.57. The number of rotatable bonds is 3. The van der Waals surface area contributed by atoms with Crippen molar-refractivity contribution in [3.63, 3.8) is 0 Å². The van der Waals surface area contributed by atoms with Crippen molar-refractivity contribution < 1.29 is 8.78 Å². The summed E-state index contributed by atoms with van der Waals surface area (Å²) in [4.78, 5) is 2.11. The van der Waals surface area contributed by atoms with Crippen LogP contribution < -0.4 is 5.32 Å². The molecule has 0 saturated carbocycles. The van der Waals surface area contributed by atoms with Gasteiger partial charge in [0.15, 0.2) is 0 Å². The van der Waals surface area contributed by atoms with E-state index in [0.717, 1.165) is 26.2 Å². The van der Waals surface area contributed by atoms with Crippen molar-refractivity contribution in [1.82, 2.24) is 10.2 Å². The van der Waals surface area contributed by atoms with Crippen LogP contribution >= 0.6 is 0 Å². The van der Waals surface area contributed by atoms with E-state index in [9.17, 15) is 8.78 Å². The summed E-state index contributed by atoms with van der Waals surface area (Å²) in [5.41, 5.74) is -0.930. The number of alkyl halides is 2. The van der Waals surface area contributed by atoms with Gasteiger partial charge in [0.05, 0.1) is 0 Å². The number of piperazine rings is 1. The van der Waals surface area contributed by atoms with Gasteiger partial charge in [-0.3, -0.25) is 0 Å². The second-order valence-electron chi connectivity index (χ2n) is 5.30. The largest absolute Gasteiger partial charge is 0.314 e. The molecule has 1 N–H and O–H groups in total. The Morgan fingerprint density at radius 1 is 1.13 bits per heavy atom. The number of hydrogen-bond donors (Lipinski definition) is 1. The highest BCUT2D eigenvalue weighted by molar-refractivity contribution is 4.83. The van der Waals surface area contributed by atoms with Crippen LogP contribution in [0, 0.1) is 5.41 Å². The number of nitrogens with one attached hydrogen (secondary N) is 1. The topological polar surface area (TPSA) is 15.3 Å². The molecule has 1 saturated heterocycles. The van der Waals surface area contributed by atoms with Crippen LogP contribution in [0.15, 0.2) is 0 Å². The van der Waals surface area contributed by atoms with E-state index in [2.05, 4.69) is 10.2 Å². The standard InChI is InChI=1S/C11H22F2N2/c1-10(2,3)11(12,13)4-7-15-8-5-14-6-9-15/h14H,4-9H2,1-3H3. The molecule has 15 heavy (non-hydrogen) atoms. The summed E-state index contributed by atoms with van der Waals surface area (Å²) < 4.78 is 27.3. The molecule has 0 aromatic carbocycles. The Labute approximate surface area is 91.0 Å². The van der Waals surface area contributed by atoms with Gasteiger partial charge in [-0.25, -0.2) is 8.78 Å². The normalized spacial score (nSPS) is 20.6. The maximum Gasteiger partial charge on any atom is 0.254 e. The van der Waals surface area contributed by atoms with Crippen LogP contribution in [0.25, 0.3) is 0 Å². The second-order valence-corrected chi connectivity index (χ2v) is 5.30. The van der Waals surface area contributed by atoms with Crippen LogP contribution in [0.3, 0.4) is 0 Å². The van der Waals surface area contributed by atoms with Gasteiger partial charge < -0.3 is 10.2 Å². The molecule has 2 nitrogen and oxygen atoms in total. The predicted molar refractivity (Wildman–Crippen MR) is 58.3 cm³/mol. The number of halogens is 2. The smallest absolute Gasteiger partial charge is 0.254 e. The third-order valence-corrected chi connectivity index (χ3v) is 3.05. The highest BCUT2D eigenvalue weighted by atomic mass is 19.3. The summed E-state index contributed by atoms with van der Waals surface area (Å²) in [6.45, 7) is 8.93. The lowest BCUT2D eigenvalue weighted by Gasteiger charge is -2.34.